The molecule has 0 bridgehead atoms. The lowest BCUT2D eigenvalue weighted by atomic mass is 10.1. The minimum atomic E-state index is 0.254. The summed E-state index contributed by atoms with van der Waals surface area (Å²) in [5.74, 6) is 2.30. The molecule has 8 heteroatoms. The standard InChI is InChI=1S/C21H18ClN3O3S/c1-12-5-19-23-24-21(25(19)18-8-16(26-2)3-4-17(12)18)29-10-14-7-15(22)6-13-9-27-11-28-20(13)14/h3-8H,9-11H2,1-2H3. The lowest BCUT2D eigenvalue weighted by Gasteiger charge is -2.20. The number of halogens is 1. The molecular weight excluding hydrogens is 410 g/mol. The van der Waals surface area contributed by atoms with Gasteiger partial charge in [0.25, 0.3) is 0 Å². The molecule has 0 atom stereocenters. The molecule has 0 spiro atoms. The molecule has 0 fully saturated rings. The Bertz CT molecular complexity index is 1240. The number of methoxy groups -OCH3 is 1. The van der Waals surface area contributed by atoms with Crippen molar-refractivity contribution in [3.05, 3.63) is 58.1 Å². The van der Waals surface area contributed by atoms with Gasteiger partial charge < -0.3 is 14.2 Å². The van der Waals surface area contributed by atoms with Gasteiger partial charge >= 0.3 is 0 Å². The Hall–Kier alpha value is -2.48. The summed E-state index contributed by atoms with van der Waals surface area (Å²) in [5.41, 5.74) is 4.97. The summed E-state index contributed by atoms with van der Waals surface area (Å²) in [4.78, 5) is 0. The summed E-state index contributed by atoms with van der Waals surface area (Å²) in [5, 5.41) is 11.4. The molecule has 3 heterocycles. The van der Waals surface area contributed by atoms with Crippen molar-refractivity contribution in [3.8, 4) is 11.5 Å². The fourth-order valence-electron chi connectivity index (χ4n) is 3.63. The maximum atomic E-state index is 6.30. The van der Waals surface area contributed by atoms with E-state index in [-0.39, 0.29) is 6.79 Å². The molecule has 1 aliphatic heterocycles. The zero-order chi connectivity index (χ0) is 20.0. The monoisotopic (exact) mass is 427 g/mol. The zero-order valence-corrected chi connectivity index (χ0v) is 17.5. The third-order valence-corrected chi connectivity index (χ3v) is 6.18. The van der Waals surface area contributed by atoms with E-state index in [9.17, 15) is 0 Å². The lowest BCUT2D eigenvalue weighted by Crippen LogP contribution is -2.13. The molecule has 0 unspecified atom stereocenters. The second kappa shape index (κ2) is 7.40. The molecule has 2 aromatic heterocycles. The van der Waals surface area contributed by atoms with Crippen LogP contribution in [0.3, 0.4) is 0 Å². The minimum Gasteiger partial charge on any atom is -0.497 e. The molecule has 148 valence electrons. The average molecular weight is 428 g/mol. The van der Waals surface area contributed by atoms with Crippen molar-refractivity contribution in [3.63, 3.8) is 0 Å². The number of pyridine rings is 1. The van der Waals surface area contributed by atoms with Gasteiger partial charge in [0, 0.05) is 33.4 Å². The number of ether oxygens (including phenoxy) is 3. The van der Waals surface area contributed by atoms with Crippen LogP contribution in [0.25, 0.3) is 16.6 Å². The van der Waals surface area contributed by atoms with Gasteiger partial charge in [-0.15, -0.1) is 10.2 Å². The number of benzene rings is 2. The lowest BCUT2D eigenvalue weighted by molar-refractivity contribution is -0.0168. The van der Waals surface area contributed by atoms with Crippen LogP contribution in [0.15, 0.2) is 41.6 Å². The number of aromatic nitrogens is 3. The van der Waals surface area contributed by atoms with Crippen molar-refractivity contribution < 1.29 is 14.2 Å². The molecule has 0 radical (unpaired) electrons. The van der Waals surface area contributed by atoms with Gasteiger partial charge in [-0.2, -0.15) is 0 Å². The van der Waals surface area contributed by atoms with E-state index in [1.165, 1.54) is 0 Å². The van der Waals surface area contributed by atoms with Gasteiger partial charge in [-0.05, 0) is 42.8 Å². The fraction of sp³-hybridized carbons (Fsp3) is 0.238. The highest BCUT2D eigenvalue weighted by Crippen LogP contribution is 2.36. The highest BCUT2D eigenvalue weighted by atomic mass is 35.5. The van der Waals surface area contributed by atoms with E-state index in [2.05, 4.69) is 27.6 Å². The van der Waals surface area contributed by atoms with E-state index in [0.29, 0.717) is 17.4 Å². The molecule has 1 aliphatic rings. The van der Waals surface area contributed by atoms with Crippen LogP contribution in [0.4, 0.5) is 0 Å². The Morgan fingerprint density at radius 3 is 2.97 bits per heavy atom. The largest absolute Gasteiger partial charge is 0.497 e. The van der Waals surface area contributed by atoms with Crippen LogP contribution < -0.4 is 9.47 Å². The van der Waals surface area contributed by atoms with Crippen molar-refractivity contribution in [2.45, 2.75) is 24.4 Å². The number of hydrogen-bond donors (Lipinski definition) is 0. The average Bonchev–Trinajstić information content (AvgIpc) is 3.14. The molecule has 29 heavy (non-hydrogen) atoms. The normalized spacial score (nSPS) is 13.5. The van der Waals surface area contributed by atoms with Crippen LogP contribution in [-0.2, 0) is 17.1 Å². The molecular formula is C21H18ClN3O3S. The van der Waals surface area contributed by atoms with Crippen LogP contribution in [0.5, 0.6) is 11.5 Å². The van der Waals surface area contributed by atoms with Gasteiger partial charge in [-0.25, -0.2) is 0 Å². The van der Waals surface area contributed by atoms with Gasteiger partial charge in [0.15, 0.2) is 17.6 Å². The van der Waals surface area contributed by atoms with E-state index in [1.807, 2.05) is 30.3 Å². The third kappa shape index (κ3) is 3.29. The van der Waals surface area contributed by atoms with Crippen molar-refractivity contribution >= 4 is 39.9 Å². The number of hydrogen-bond acceptors (Lipinski definition) is 6. The second-order valence-corrected chi connectivity index (χ2v) is 8.22. The second-order valence-electron chi connectivity index (χ2n) is 6.84. The summed E-state index contributed by atoms with van der Waals surface area (Å²) in [6.45, 7) is 2.84. The van der Waals surface area contributed by atoms with E-state index >= 15 is 0 Å². The van der Waals surface area contributed by atoms with E-state index in [1.54, 1.807) is 18.9 Å². The summed E-state index contributed by atoms with van der Waals surface area (Å²) < 4.78 is 18.6. The molecule has 0 saturated carbocycles. The molecule has 5 rings (SSSR count). The number of rotatable bonds is 4. The Labute approximate surface area is 176 Å². The SMILES string of the molecule is COc1ccc2c(C)cc3nnc(SCc4cc(Cl)cc5c4OCOC5)n3c2c1. The minimum absolute atomic E-state index is 0.254. The molecule has 2 aromatic carbocycles. The summed E-state index contributed by atoms with van der Waals surface area (Å²) in [7, 11) is 1.67. The molecule has 0 aliphatic carbocycles. The number of nitrogens with zero attached hydrogens (tertiary/aromatic N) is 3. The van der Waals surface area contributed by atoms with Gasteiger partial charge in [0.1, 0.15) is 11.5 Å². The van der Waals surface area contributed by atoms with E-state index < -0.39 is 0 Å². The Kier molecular flexibility index (Phi) is 4.73. The van der Waals surface area contributed by atoms with Crippen LogP contribution >= 0.6 is 23.4 Å². The first-order chi connectivity index (χ1) is 14.1. The quantitative estimate of drug-likeness (QED) is 0.426. The highest BCUT2D eigenvalue weighted by molar-refractivity contribution is 7.98. The van der Waals surface area contributed by atoms with Crippen LogP contribution in [0.1, 0.15) is 16.7 Å². The van der Waals surface area contributed by atoms with E-state index in [4.69, 9.17) is 25.8 Å². The van der Waals surface area contributed by atoms with Gasteiger partial charge in [-0.3, -0.25) is 4.40 Å². The van der Waals surface area contributed by atoms with Crippen molar-refractivity contribution in [2.24, 2.45) is 0 Å². The fourth-order valence-corrected chi connectivity index (χ4v) is 4.81. The Morgan fingerprint density at radius 2 is 2.10 bits per heavy atom. The van der Waals surface area contributed by atoms with Crippen LogP contribution in [-0.4, -0.2) is 28.5 Å². The first-order valence-corrected chi connectivity index (χ1v) is 10.5. The summed E-state index contributed by atoms with van der Waals surface area (Å²) >= 11 is 7.89. The Balaban J connectivity index is 1.57. The smallest absolute Gasteiger partial charge is 0.196 e. The number of thioether (sulfide) groups is 1. The summed E-state index contributed by atoms with van der Waals surface area (Å²) in [6.07, 6.45) is 0. The third-order valence-electron chi connectivity index (χ3n) is 4.98. The van der Waals surface area contributed by atoms with Crippen molar-refractivity contribution in [1.29, 1.82) is 0 Å². The maximum Gasteiger partial charge on any atom is 0.196 e. The predicted octanol–water partition coefficient (Wildman–Crippen LogP) is 5.01. The van der Waals surface area contributed by atoms with Crippen LogP contribution in [0.2, 0.25) is 5.02 Å². The van der Waals surface area contributed by atoms with Gasteiger partial charge in [0.05, 0.1) is 19.2 Å². The summed E-state index contributed by atoms with van der Waals surface area (Å²) in [6, 6.07) is 11.9. The van der Waals surface area contributed by atoms with Crippen molar-refractivity contribution in [2.75, 3.05) is 13.9 Å². The molecule has 0 saturated heterocycles. The topological polar surface area (TPSA) is 57.9 Å². The van der Waals surface area contributed by atoms with Gasteiger partial charge in [0.2, 0.25) is 0 Å². The maximum absolute atomic E-state index is 6.30. The molecule has 0 N–H and O–H groups in total. The zero-order valence-electron chi connectivity index (χ0n) is 15.9. The first-order valence-electron chi connectivity index (χ1n) is 9.11. The van der Waals surface area contributed by atoms with Crippen molar-refractivity contribution in [1.82, 2.24) is 14.6 Å². The highest BCUT2D eigenvalue weighted by Gasteiger charge is 2.18. The van der Waals surface area contributed by atoms with Gasteiger partial charge in [-0.1, -0.05) is 23.4 Å². The number of fused-ring (bicyclic) bond motifs is 4. The van der Waals surface area contributed by atoms with Crippen LogP contribution in [0, 0.1) is 6.92 Å². The predicted molar refractivity (Wildman–Crippen MR) is 113 cm³/mol. The first kappa shape index (κ1) is 18.5. The van der Waals surface area contributed by atoms with E-state index in [0.717, 1.165) is 49.9 Å². The number of aryl methyl sites for hydroxylation is 1. The molecule has 0 amide bonds. The molecule has 6 nitrogen and oxygen atoms in total. The molecule has 4 aromatic rings. The Morgan fingerprint density at radius 1 is 1.21 bits per heavy atom.